The molecule has 106 valence electrons. The largest absolute Gasteiger partial charge is 0.370 e. The molecule has 3 N–H and O–H groups in total. The Labute approximate surface area is 117 Å². The molecular weight excluding hydrogens is 234 g/mol. The summed E-state index contributed by atoms with van der Waals surface area (Å²) in [5, 5.41) is 3.15. The normalized spacial score (nSPS) is 12.8. The van der Waals surface area contributed by atoms with Crippen LogP contribution >= 0.6 is 0 Å². The highest BCUT2D eigenvalue weighted by Gasteiger charge is 2.20. The molecule has 0 radical (unpaired) electrons. The van der Waals surface area contributed by atoms with Gasteiger partial charge in [0.1, 0.15) is 0 Å². The predicted octanol–water partition coefficient (Wildman–Crippen LogP) is 2.83. The van der Waals surface area contributed by atoms with Crippen molar-refractivity contribution in [2.24, 2.45) is 16.6 Å². The summed E-state index contributed by atoms with van der Waals surface area (Å²) in [4.78, 5) is 4.46. The number of guanidine groups is 1. The van der Waals surface area contributed by atoms with Crippen LogP contribution in [0.1, 0.15) is 38.8 Å². The summed E-state index contributed by atoms with van der Waals surface area (Å²) in [5.74, 6) is 1.10. The van der Waals surface area contributed by atoms with E-state index in [0.29, 0.717) is 18.4 Å². The lowest BCUT2D eigenvalue weighted by atomic mass is 9.84. The van der Waals surface area contributed by atoms with Gasteiger partial charge in [-0.25, -0.2) is 0 Å². The molecule has 19 heavy (non-hydrogen) atoms. The highest BCUT2D eigenvalue weighted by Crippen LogP contribution is 2.24. The fourth-order valence-electron chi connectivity index (χ4n) is 1.80. The first-order chi connectivity index (χ1) is 8.81. The third-order valence-corrected chi connectivity index (χ3v) is 3.14. The van der Waals surface area contributed by atoms with E-state index in [0.717, 1.165) is 6.54 Å². The number of nitrogens with one attached hydrogen (secondary N) is 1. The molecule has 1 aromatic rings. The molecule has 0 bridgehead atoms. The minimum absolute atomic E-state index is 0.00382. The molecule has 0 aliphatic carbocycles. The van der Waals surface area contributed by atoms with Crippen molar-refractivity contribution >= 4 is 5.96 Å². The SMILES string of the molecule is Cc1cccc(C(C)(C)CN=C(N)NCC(C)C)c1. The number of hydrogen-bond donors (Lipinski definition) is 2. The van der Waals surface area contributed by atoms with Crippen LogP contribution in [0.3, 0.4) is 0 Å². The van der Waals surface area contributed by atoms with Gasteiger partial charge in [0.2, 0.25) is 0 Å². The molecule has 0 saturated carbocycles. The maximum Gasteiger partial charge on any atom is 0.188 e. The van der Waals surface area contributed by atoms with Crippen molar-refractivity contribution in [3.05, 3.63) is 35.4 Å². The van der Waals surface area contributed by atoms with E-state index in [-0.39, 0.29) is 5.41 Å². The van der Waals surface area contributed by atoms with Crippen molar-refractivity contribution in [1.29, 1.82) is 0 Å². The number of aliphatic imine (C=N–C) groups is 1. The molecule has 0 aliphatic rings. The third-order valence-electron chi connectivity index (χ3n) is 3.14. The van der Waals surface area contributed by atoms with E-state index in [1.807, 2.05) is 0 Å². The van der Waals surface area contributed by atoms with Crippen LogP contribution in [0.4, 0.5) is 0 Å². The van der Waals surface area contributed by atoms with Gasteiger partial charge in [0.05, 0.1) is 6.54 Å². The lowest BCUT2D eigenvalue weighted by Crippen LogP contribution is -2.35. The summed E-state index contributed by atoms with van der Waals surface area (Å²) in [6.45, 7) is 12.4. The molecule has 0 unspecified atom stereocenters. The molecule has 1 aromatic carbocycles. The summed E-state index contributed by atoms with van der Waals surface area (Å²) in [6.07, 6.45) is 0. The Morgan fingerprint density at radius 3 is 2.63 bits per heavy atom. The highest BCUT2D eigenvalue weighted by molar-refractivity contribution is 5.77. The van der Waals surface area contributed by atoms with Crippen molar-refractivity contribution in [3.63, 3.8) is 0 Å². The minimum atomic E-state index is -0.00382. The first kappa shape index (κ1) is 15.5. The maximum atomic E-state index is 5.88. The Bertz CT molecular complexity index is 433. The molecule has 0 atom stereocenters. The number of aryl methyl sites for hydroxylation is 1. The van der Waals surface area contributed by atoms with E-state index in [4.69, 9.17) is 5.73 Å². The lowest BCUT2D eigenvalue weighted by Gasteiger charge is -2.24. The first-order valence-corrected chi connectivity index (χ1v) is 6.92. The van der Waals surface area contributed by atoms with Gasteiger partial charge in [-0.3, -0.25) is 4.99 Å². The number of hydrogen-bond acceptors (Lipinski definition) is 1. The van der Waals surface area contributed by atoms with Crippen LogP contribution in [0, 0.1) is 12.8 Å². The van der Waals surface area contributed by atoms with Gasteiger partial charge < -0.3 is 11.1 Å². The third kappa shape index (κ3) is 5.33. The fourth-order valence-corrected chi connectivity index (χ4v) is 1.80. The molecule has 0 saturated heterocycles. The van der Waals surface area contributed by atoms with Crippen LogP contribution in [-0.2, 0) is 5.41 Å². The summed E-state index contributed by atoms with van der Waals surface area (Å²) in [6, 6.07) is 8.57. The van der Waals surface area contributed by atoms with Crippen LogP contribution in [0.5, 0.6) is 0 Å². The van der Waals surface area contributed by atoms with Gasteiger partial charge in [0.25, 0.3) is 0 Å². The Hall–Kier alpha value is -1.51. The number of nitrogens with zero attached hydrogens (tertiary/aromatic N) is 1. The van der Waals surface area contributed by atoms with Crippen LogP contribution in [0.2, 0.25) is 0 Å². The quantitative estimate of drug-likeness (QED) is 0.632. The number of nitrogens with two attached hydrogens (primary N) is 1. The lowest BCUT2D eigenvalue weighted by molar-refractivity contribution is 0.537. The molecule has 1 rings (SSSR count). The second-order valence-corrected chi connectivity index (χ2v) is 6.23. The molecule has 3 heteroatoms. The second-order valence-electron chi connectivity index (χ2n) is 6.23. The number of benzene rings is 1. The van der Waals surface area contributed by atoms with Crippen LogP contribution in [0.15, 0.2) is 29.3 Å². The van der Waals surface area contributed by atoms with E-state index < -0.39 is 0 Å². The van der Waals surface area contributed by atoms with Gasteiger partial charge in [-0.15, -0.1) is 0 Å². The van der Waals surface area contributed by atoms with E-state index in [2.05, 4.69) is 69.2 Å². The molecule has 0 aromatic heterocycles. The summed E-state index contributed by atoms with van der Waals surface area (Å²) in [5.41, 5.74) is 8.45. The Morgan fingerprint density at radius 2 is 2.05 bits per heavy atom. The van der Waals surface area contributed by atoms with Crippen LogP contribution in [0.25, 0.3) is 0 Å². The van der Waals surface area contributed by atoms with Crippen LogP contribution < -0.4 is 11.1 Å². The first-order valence-electron chi connectivity index (χ1n) is 6.92. The molecule has 0 heterocycles. The zero-order valence-corrected chi connectivity index (χ0v) is 12.8. The molecule has 0 fully saturated rings. The second kappa shape index (κ2) is 6.60. The maximum absolute atomic E-state index is 5.88. The molecule has 0 aliphatic heterocycles. The Morgan fingerprint density at radius 1 is 1.37 bits per heavy atom. The van der Waals surface area contributed by atoms with Gasteiger partial charge in [0.15, 0.2) is 5.96 Å². The van der Waals surface area contributed by atoms with Gasteiger partial charge in [0, 0.05) is 12.0 Å². The van der Waals surface area contributed by atoms with Crippen molar-refractivity contribution in [3.8, 4) is 0 Å². The topological polar surface area (TPSA) is 50.4 Å². The van der Waals surface area contributed by atoms with Crippen molar-refractivity contribution in [2.45, 2.75) is 40.0 Å². The molecule has 3 nitrogen and oxygen atoms in total. The summed E-state index contributed by atoms with van der Waals surface area (Å²) in [7, 11) is 0. The highest BCUT2D eigenvalue weighted by atomic mass is 15.1. The zero-order chi connectivity index (χ0) is 14.5. The van der Waals surface area contributed by atoms with Crippen molar-refractivity contribution in [1.82, 2.24) is 5.32 Å². The zero-order valence-electron chi connectivity index (χ0n) is 12.8. The van der Waals surface area contributed by atoms with E-state index in [1.54, 1.807) is 0 Å². The predicted molar refractivity (Wildman–Crippen MR) is 83.5 cm³/mol. The molecule has 0 amide bonds. The average molecular weight is 261 g/mol. The minimum Gasteiger partial charge on any atom is -0.370 e. The monoisotopic (exact) mass is 261 g/mol. The van der Waals surface area contributed by atoms with Crippen LogP contribution in [-0.4, -0.2) is 19.0 Å². The van der Waals surface area contributed by atoms with Gasteiger partial charge in [-0.05, 0) is 18.4 Å². The fraction of sp³-hybridized carbons (Fsp3) is 0.562. The van der Waals surface area contributed by atoms with Crippen molar-refractivity contribution in [2.75, 3.05) is 13.1 Å². The molecular formula is C16H27N3. The summed E-state index contributed by atoms with van der Waals surface area (Å²) >= 11 is 0. The van der Waals surface area contributed by atoms with Gasteiger partial charge in [-0.1, -0.05) is 57.5 Å². The Balaban J connectivity index is 2.66. The molecule has 0 spiro atoms. The van der Waals surface area contributed by atoms with Crippen molar-refractivity contribution < 1.29 is 0 Å². The van der Waals surface area contributed by atoms with E-state index >= 15 is 0 Å². The standard InChI is InChI=1S/C16H27N3/c1-12(2)10-18-15(17)19-11-16(4,5)14-8-6-7-13(3)9-14/h6-9,12H,10-11H2,1-5H3,(H3,17,18,19). The van der Waals surface area contributed by atoms with E-state index in [9.17, 15) is 0 Å². The van der Waals surface area contributed by atoms with Gasteiger partial charge in [-0.2, -0.15) is 0 Å². The Kier molecular flexibility index (Phi) is 5.40. The van der Waals surface area contributed by atoms with E-state index in [1.165, 1.54) is 11.1 Å². The average Bonchev–Trinajstić information content (AvgIpc) is 2.34. The summed E-state index contributed by atoms with van der Waals surface area (Å²) < 4.78 is 0. The smallest absolute Gasteiger partial charge is 0.188 e. The number of rotatable bonds is 5. The van der Waals surface area contributed by atoms with Gasteiger partial charge >= 0.3 is 0 Å².